The van der Waals surface area contributed by atoms with E-state index in [2.05, 4.69) is 5.16 Å². The lowest BCUT2D eigenvalue weighted by atomic mass is 9.92. The van der Waals surface area contributed by atoms with Crippen molar-refractivity contribution in [1.82, 2.24) is 0 Å². The first-order valence-electron chi connectivity index (χ1n) is 7.41. The highest BCUT2D eigenvalue weighted by atomic mass is 16.7. The number of oxime groups is 1. The average molecular weight is 283 g/mol. The molecule has 6 nitrogen and oxygen atoms in total. The highest BCUT2D eigenvalue weighted by Crippen LogP contribution is 2.47. The van der Waals surface area contributed by atoms with Gasteiger partial charge in [0.25, 0.3) is 0 Å². The Bertz CT molecular complexity index is 402. The molecule has 1 saturated heterocycles. The fourth-order valence-corrected chi connectivity index (χ4v) is 3.37. The molecule has 6 heteroatoms. The van der Waals surface area contributed by atoms with Gasteiger partial charge in [-0.3, -0.25) is 4.79 Å². The Morgan fingerprint density at radius 2 is 2.25 bits per heavy atom. The summed E-state index contributed by atoms with van der Waals surface area (Å²) in [5.41, 5.74) is 0.971. The van der Waals surface area contributed by atoms with Crippen LogP contribution in [-0.4, -0.2) is 43.4 Å². The second-order valence-electron chi connectivity index (χ2n) is 5.41. The van der Waals surface area contributed by atoms with E-state index < -0.39 is 5.79 Å². The molecule has 3 aliphatic rings. The van der Waals surface area contributed by atoms with Crippen LogP contribution in [0.15, 0.2) is 5.16 Å². The summed E-state index contributed by atoms with van der Waals surface area (Å²) >= 11 is 0. The topological polar surface area (TPSA) is 66.4 Å². The molecule has 2 fully saturated rings. The fraction of sp³-hybridized carbons (Fsp3) is 0.857. The molecule has 0 amide bonds. The lowest BCUT2D eigenvalue weighted by Gasteiger charge is -2.28. The molecule has 0 unspecified atom stereocenters. The van der Waals surface area contributed by atoms with E-state index in [1.54, 1.807) is 0 Å². The first kappa shape index (κ1) is 13.8. The zero-order chi connectivity index (χ0) is 14.0. The maximum absolute atomic E-state index is 11.4. The molecule has 0 aromatic rings. The highest BCUT2D eigenvalue weighted by molar-refractivity contribution is 5.89. The molecule has 1 aliphatic carbocycles. The molecule has 112 valence electrons. The molecule has 1 saturated carbocycles. The van der Waals surface area contributed by atoms with Gasteiger partial charge in [0.1, 0.15) is 6.10 Å². The predicted octanol–water partition coefficient (Wildman–Crippen LogP) is 1.63. The van der Waals surface area contributed by atoms with Crippen molar-refractivity contribution < 1.29 is 23.8 Å². The number of hydrogen-bond donors (Lipinski definition) is 0. The van der Waals surface area contributed by atoms with Crippen molar-refractivity contribution in [2.45, 2.75) is 50.9 Å². The number of ether oxygens (including phenoxy) is 3. The van der Waals surface area contributed by atoms with Gasteiger partial charge in [0, 0.05) is 12.8 Å². The van der Waals surface area contributed by atoms with Gasteiger partial charge < -0.3 is 19.0 Å². The number of carbonyl (C=O) groups excluding carboxylic acids is 1. The Morgan fingerprint density at radius 3 is 3.00 bits per heavy atom. The van der Waals surface area contributed by atoms with E-state index in [9.17, 15) is 4.79 Å². The summed E-state index contributed by atoms with van der Waals surface area (Å²) in [6.07, 6.45) is 3.72. The molecular formula is C14H21NO5. The van der Waals surface area contributed by atoms with Gasteiger partial charge in [0.15, 0.2) is 5.79 Å². The number of fused-ring (bicyclic) bond motifs is 2. The summed E-state index contributed by atoms with van der Waals surface area (Å²) in [5, 5.41) is 4.19. The fourth-order valence-electron chi connectivity index (χ4n) is 3.37. The van der Waals surface area contributed by atoms with Crippen molar-refractivity contribution in [3.05, 3.63) is 0 Å². The normalized spacial score (nSPS) is 30.1. The molecule has 0 bridgehead atoms. The van der Waals surface area contributed by atoms with Crippen LogP contribution >= 0.6 is 0 Å². The monoisotopic (exact) mass is 283 g/mol. The van der Waals surface area contributed by atoms with Crippen molar-refractivity contribution in [3.63, 3.8) is 0 Å². The smallest absolute Gasteiger partial charge is 0.305 e. The SMILES string of the molecule is CCOC(=O)CCCC1=NO[C@H]2CCC3(OCCO3)[C@@H]12. The van der Waals surface area contributed by atoms with Crippen LogP contribution in [-0.2, 0) is 23.8 Å². The van der Waals surface area contributed by atoms with Gasteiger partial charge in [-0.2, -0.15) is 0 Å². The van der Waals surface area contributed by atoms with Crippen LogP contribution in [0.25, 0.3) is 0 Å². The number of rotatable bonds is 5. The molecule has 2 aliphatic heterocycles. The van der Waals surface area contributed by atoms with Gasteiger partial charge in [-0.15, -0.1) is 0 Å². The van der Waals surface area contributed by atoms with Gasteiger partial charge in [-0.05, 0) is 26.2 Å². The van der Waals surface area contributed by atoms with Gasteiger partial charge in [0.2, 0.25) is 0 Å². The Labute approximate surface area is 118 Å². The van der Waals surface area contributed by atoms with Crippen LogP contribution in [0.5, 0.6) is 0 Å². The summed E-state index contributed by atoms with van der Waals surface area (Å²) in [6, 6.07) is 0. The summed E-state index contributed by atoms with van der Waals surface area (Å²) in [6.45, 7) is 3.52. The van der Waals surface area contributed by atoms with Crippen molar-refractivity contribution in [2.24, 2.45) is 11.1 Å². The molecule has 20 heavy (non-hydrogen) atoms. The van der Waals surface area contributed by atoms with Crippen LogP contribution in [0.2, 0.25) is 0 Å². The van der Waals surface area contributed by atoms with Gasteiger partial charge in [0.05, 0.1) is 31.5 Å². The highest BCUT2D eigenvalue weighted by Gasteiger charge is 2.58. The molecule has 1 spiro atoms. The third-order valence-corrected chi connectivity index (χ3v) is 4.18. The van der Waals surface area contributed by atoms with Gasteiger partial charge in [-0.25, -0.2) is 0 Å². The first-order chi connectivity index (χ1) is 9.75. The number of carbonyl (C=O) groups is 1. The van der Waals surface area contributed by atoms with E-state index in [1.165, 1.54) is 0 Å². The second kappa shape index (κ2) is 5.69. The van der Waals surface area contributed by atoms with Crippen LogP contribution in [0, 0.1) is 5.92 Å². The van der Waals surface area contributed by atoms with Crippen molar-refractivity contribution in [3.8, 4) is 0 Å². The van der Waals surface area contributed by atoms with Gasteiger partial charge in [-0.1, -0.05) is 5.16 Å². The summed E-state index contributed by atoms with van der Waals surface area (Å²) in [4.78, 5) is 16.8. The Morgan fingerprint density at radius 1 is 1.45 bits per heavy atom. The van der Waals surface area contributed by atoms with Crippen molar-refractivity contribution >= 4 is 11.7 Å². The minimum absolute atomic E-state index is 0.0747. The van der Waals surface area contributed by atoms with Crippen LogP contribution in [0.4, 0.5) is 0 Å². The second-order valence-corrected chi connectivity index (χ2v) is 5.41. The minimum Gasteiger partial charge on any atom is -0.466 e. The number of nitrogens with zero attached hydrogens (tertiary/aromatic N) is 1. The van der Waals surface area contributed by atoms with Crippen LogP contribution in [0.3, 0.4) is 0 Å². The first-order valence-corrected chi connectivity index (χ1v) is 7.41. The Balaban J connectivity index is 1.56. The summed E-state index contributed by atoms with van der Waals surface area (Å²) in [5.74, 6) is -0.588. The lowest BCUT2D eigenvalue weighted by molar-refractivity contribution is -0.171. The van der Waals surface area contributed by atoms with E-state index in [0.29, 0.717) is 26.2 Å². The Hall–Kier alpha value is -1.14. The van der Waals surface area contributed by atoms with E-state index in [1.807, 2.05) is 6.92 Å². The molecule has 0 aromatic heterocycles. The quantitative estimate of drug-likeness (QED) is 0.717. The minimum atomic E-state index is -0.524. The summed E-state index contributed by atoms with van der Waals surface area (Å²) in [7, 11) is 0. The van der Waals surface area contributed by atoms with E-state index in [4.69, 9.17) is 19.0 Å². The van der Waals surface area contributed by atoms with Crippen LogP contribution < -0.4 is 0 Å². The lowest BCUT2D eigenvalue weighted by Crippen LogP contribution is -2.41. The number of esters is 1. The number of hydrogen-bond acceptors (Lipinski definition) is 6. The molecule has 2 heterocycles. The van der Waals surface area contributed by atoms with Crippen molar-refractivity contribution in [1.29, 1.82) is 0 Å². The van der Waals surface area contributed by atoms with E-state index >= 15 is 0 Å². The molecule has 0 N–H and O–H groups in total. The van der Waals surface area contributed by atoms with Crippen LogP contribution in [0.1, 0.15) is 39.0 Å². The molecule has 3 rings (SSSR count). The molecule has 0 radical (unpaired) electrons. The third kappa shape index (κ3) is 2.42. The zero-order valence-corrected chi connectivity index (χ0v) is 11.8. The zero-order valence-electron chi connectivity index (χ0n) is 11.8. The largest absolute Gasteiger partial charge is 0.466 e. The van der Waals surface area contributed by atoms with E-state index in [0.717, 1.165) is 31.4 Å². The molecule has 0 aromatic carbocycles. The predicted molar refractivity (Wildman–Crippen MR) is 70.2 cm³/mol. The Kier molecular flexibility index (Phi) is 3.94. The maximum atomic E-state index is 11.4. The van der Waals surface area contributed by atoms with E-state index in [-0.39, 0.29) is 18.0 Å². The average Bonchev–Trinajstić information content (AvgIpc) is 3.11. The third-order valence-electron chi connectivity index (χ3n) is 4.18. The van der Waals surface area contributed by atoms with Crippen molar-refractivity contribution in [2.75, 3.05) is 19.8 Å². The maximum Gasteiger partial charge on any atom is 0.305 e. The standard InChI is InChI=1S/C14H21NO5/c1-2-17-12(16)5-3-4-10-13-11(20-15-10)6-7-14(13)18-8-9-19-14/h11,13H,2-9H2,1H3/t11-,13-/m0/s1. The summed E-state index contributed by atoms with van der Waals surface area (Å²) < 4.78 is 16.6. The molecule has 2 atom stereocenters. The molecular weight excluding hydrogens is 262 g/mol. The van der Waals surface area contributed by atoms with Gasteiger partial charge >= 0.3 is 5.97 Å².